The molecule has 26 heavy (non-hydrogen) atoms. The Balaban J connectivity index is 2.11. The molecule has 0 unspecified atom stereocenters. The van der Waals surface area contributed by atoms with Gasteiger partial charge in [-0.25, -0.2) is 4.99 Å². The van der Waals surface area contributed by atoms with Gasteiger partial charge in [-0.2, -0.15) is 0 Å². The van der Waals surface area contributed by atoms with Gasteiger partial charge in [0, 0.05) is 11.6 Å². The molecule has 0 atom stereocenters. The van der Waals surface area contributed by atoms with Gasteiger partial charge in [-0.3, -0.25) is 4.99 Å². The Morgan fingerprint density at radius 3 is 1.73 bits per heavy atom. The normalized spacial score (nSPS) is 23.6. The van der Waals surface area contributed by atoms with Crippen molar-refractivity contribution >= 4 is 11.5 Å². The Morgan fingerprint density at radius 1 is 0.769 bits per heavy atom. The Bertz CT molecular complexity index is 526. The molecule has 2 aliphatic carbocycles. The van der Waals surface area contributed by atoms with Crippen LogP contribution in [0.5, 0.6) is 0 Å². The van der Waals surface area contributed by atoms with Crippen LogP contribution in [0.15, 0.2) is 34.0 Å². The maximum atomic E-state index is 6.40. The molecule has 0 aromatic rings. The zero-order valence-electron chi connectivity index (χ0n) is 17.1. The molecule has 0 aliphatic heterocycles. The number of nitrogens with zero attached hydrogens (tertiary/aromatic N) is 2. The van der Waals surface area contributed by atoms with Gasteiger partial charge in [0.2, 0.25) is 0 Å². The van der Waals surface area contributed by atoms with Crippen molar-refractivity contribution in [3.05, 3.63) is 24.0 Å². The van der Waals surface area contributed by atoms with E-state index in [9.17, 15) is 0 Å². The van der Waals surface area contributed by atoms with E-state index < -0.39 is 0 Å². The van der Waals surface area contributed by atoms with E-state index in [4.69, 9.17) is 15.7 Å². The number of hydrogen-bond donors (Lipinski definition) is 1. The molecule has 2 aliphatic rings. The number of allylic oxidation sites excluding steroid dienone is 2. The van der Waals surface area contributed by atoms with Crippen LogP contribution in [0.1, 0.15) is 97.3 Å². The minimum absolute atomic E-state index is 0.421. The molecule has 2 fully saturated rings. The van der Waals surface area contributed by atoms with Crippen LogP contribution in [-0.4, -0.2) is 11.5 Å². The van der Waals surface area contributed by atoms with Gasteiger partial charge in [0.1, 0.15) is 5.84 Å². The summed E-state index contributed by atoms with van der Waals surface area (Å²) in [6.45, 7) is 8.19. The SMILES string of the molecule is C=CC(/N=C(\N)C1CCCCCCC1)=C(C)\N=C(/C)C1CCCCCC1. The maximum Gasteiger partial charge on any atom is 0.103 e. The zero-order valence-corrected chi connectivity index (χ0v) is 17.1. The van der Waals surface area contributed by atoms with Crippen LogP contribution >= 0.6 is 0 Å². The molecule has 3 nitrogen and oxygen atoms in total. The smallest absolute Gasteiger partial charge is 0.103 e. The molecule has 2 saturated carbocycles. The van der Waals surface area contributed by atoms with Gasteiger partial charge in [-0.05, 0) is 51.5 Å². The number of aliphatic imine (C=N–C) groups is 2. The third-order valence-corrected chi connectivity index (χ3v) is 6.13. The molecule has 2 N–H and O–H groups in total. The van der Waals surface area contributed by atoms with Crippen molar-refractivity contribution in [1.82, 2.24) is 0 Å². The molecule has 0 aromatic carbocycles. The Morgan fingerprint density at radius 2 is 1.23 bits per heavy atom. The molecule has 3 heteroatoms. The summed E-state index contributed by atoms with van der Waals surface area (Å²) < 4.78 is 0. The topological polar surface area (TPSA) is 50.7 Å². The molecule has 2 rings (SSSR count). The summed E-state index contributed by atoms with van der Waals surface area (Å²) in [6.07, 6.45) is 18.7. The van der Waals surface area contributed by atoms with E-state index in [1.165, 1.54) is 89.2 Å². The van der Waals surface area contributed by atoms with Gasteiger partial charge in [-0.1, -0.05) is 64.4 Å². The maximum absolute atomic E-state index is 6.40. The average Bonchev–Trinajstić information content (AvgIpc) is 2.88. The van der Waals surface area contributed by atoms with E-state index in [-0.39, 0.29) is 0 Å². The largest absolute Gasteiger partial charge is 0.387 e. The molecular weight excluding hydrogens is 318 g/mol. The van der Waals surface area contributed by atoms with Crippen molar-refractivity contribution in [3.8, 4) is 0 Å². The highest BCUT2D eigenvalue weighted by atomic mass is 14.9. The third kappa shape index (κ3) is 6.74. The minimum atomic E-state index is 0.421. The van der Waals surface area contributed by atoms with Crippen LogP contribution < -0.4 is 5.73 Å². The van der Waals surface area contributed by atoms with Crippen molar-refractivity contribution < 1.29 is 0 Å². The van der Waals surface area contributed by atoms with Crippen LogP contribution in [0, 0.1) is 11.8 Å². The monoisotopic (exact) mass is 357 g/mol. The number of amidine groups is 1. The zero-order chi connectivity index (χ0) is 18.8. The number of hydrogen-bond acceptors (Lipinski definition) is 2. The van der Waals surface area contributed by atoms with Gasteiger partial charge in [0.25, 0.3) is 0 Å². The molecule has 0 radical (unpaired) electrons. The van der Waals surface area contributed by atoms with Gasteiger partial charge >= 0.3 is 0 Å². The fourth-order valence-corrected chi connectivity index (χ4v) is 4.37. The first-order valence-corrected chi connectivity index (χ1v) is 10.8. The number of nitrogens with two attached hydrogens (primary N) is 1. The molecule has 0 amide bonds. The van der Waals surface area contributed by atoms with Crippen LogP contribution in [0.3, 0.4) is 0 Å². The molecule has 0 aromatic heterocycles. The van der Waals surface area contributed by atoms with Crippen LogP contribution in [0.4, 0.5) is 0 Å². The molecular formula is C23H39N3. The molecule has 0 spiro atoms. The second kappa shape index (κ2) is 11.4. The minimum Gasteiger partial charge on any atom is -0.387 e. The average molecular weight is 358 g/mol. The van der Waals surface area contributed by atoms with Crippen molar-refractivity contribution in [2.75, 3.05) is 0 Å². The van der Waals surface area contributed by atoms with E-state index >= 15 is 0 Å². The van der Waals surface area contributed by atoms with Gasteiger partial charge in [-0.15, -0.1) is 0 Å². The lowest BCUT2D eigenvalue weighted by atomic mass is 9.90. The summed E-state index contributed by atoms with van der Waals surface area (Å²) in [6, 6.07) is 0. The highest BCUT2D eigenvalue weighted by Gasteiger charge is 2.17. The standard InChI is InChI=1S/C23H39N3/c1-4-22(26-23(24)21-16-12-6-5-7-13-17-21)19(3)25-18(2)20-14-10-8-9-11-15-20/h4,20-21H,1,5-17H2,2-3H3,(H2,24,26)/b22-19+,25-18+. The van der Waals surface area contributed by atoms with E-state index in [0.29, 0.717) is 11.8 Å². The second-order valence-electron chi connectivity index (χ2n) is 8.20. The predicted octanol–water partition coefficient (Wildman–Crippen LogP) is 6.55. The van der Waals surface area contributed by atoms with E-state index in [0.717, 1.165) is 17.2 Å². The summed E-state index contributed by atoms with van der Waals surface area (Å²) >= 11 is 0. The van der Waals surface area contributed by atoms with E-state index in [2.05, 4.69) is 13.5 Å². The van der Waals surface area contributed by atoms with Crippen LogP contribution in [-0.2, 0) is 0 Å². The molecule has 0 heterocycles. The first-order chi connectivity index (χ1) is 12.6. The second-order valence-corrected chi connectivity index (χ2v) is 8.20. The first-order valence-electron chi connectivity index (χ1n) is 10.8. The Kier molecular flexibility index (Phi) is 9.14. The van der Waals surface area contributed by atoms with Crippen molar-refractivity contribution in [2.24, 2.45) is 27.6 Å². The summed E-state index contributed by atoms with van der Waals surface area (Å²) in [5, 5.41) is 0. The van der Waals surface area contributed by atoms with Crippen molar-refractivity contribution in [2.45, 2.75) is 97.3 Å². The summed E-state index contributed by atoms with van der Waals surface area (Å²) in [7, 11) is 0. The van der Waals surface area contributed by atoms with Crippen molar-refractivity contribution in [3.63, 3.8) is 0 Å². The highest BCUT2D eigenvalue weighted by Crippen LogP contribution is 2.26. The first kappa shape index (κ1) is 20.9. The van der Waals surface area contributed by atoms with Gasteiger partial charge < -0.3 is 5.73 Å². The van der Waals surface area contributed by atoms with Crippen LogP contribution in [0.25, 0.3) is 0 Å². The van der Waals surface area contributed by atoms with Gasteiger partial charge in [0.05, 0.1) is 11.4 Å². The van der Waals surface area contributed by atoms with Crippen LogP contribution in [0.2, 0.25) is 0 Å². The quantitative estimate of drug-likeness (QED) is 0.258. The fraction of sp³-hybridized carbons (Fsp3) is 0.739. The van der Waals surface area contributed by atoms with E-state index in [1.807, 2.05) is 13.0 Å². The van der Waals surface area contributed by atoms with Gasteiger partial charge in [0.15, 0.2) is 0 Å². The highest BCUT2D eigenvalue weighted by molar-refractivity contribution is 5.86. The lowest BCUT2D eigenvalue weighted by molar-refractivity contribution is 0.450. The molecule has 0 bridgehead atoms. The summed E-state index contributed by atoms with van der Waals surface area (Å²) in [5.74, 6) is 1.83. The van der Waals surface area contributed by atoms with E-state index in [1.54, 1.807) is 0 Å². The van der Waals surface area contributed by atoms with Crippen molar-refractivity contribution in [1.29, 1.82) is 0 Å². The summed E-state index contributed by atoms with van der Waals surface area (Å²) in [4.78, 5) is 9.66. The predicted molar refractivity (Wildman–Crippen MR) is 115 cm³/mol. The fourth-order valence-electron chi connectivity index (χ4n) is 4.37. The number of rotatable bonds is 5. The summed E-state index contributed by atoms with van der Waals surface area (Å²) in [5.41, 5.74) is 9.45. The Hall–Kier alpha value is -1.38. The Labute approximate surface area is 161 Å². The third-order valence-electron chi connectivity index (χ3n) is 6.13. The molecule has 146 valence electrons. The lowest BCUT2D eigenvalue weighted by Gasteiger charge is -2.19. The lowest BCUT2D eigenvalue weighted by Crippen LogP contribution is -2.24. The molecule has 0 saturated heterocycles.